The van der Waals surface area contributed by atoms with Gasteiger partial charge in [0.1, 0.15) is 0 Å². The number of hydrogen-bond donors (Lipinski definition) is 1. The average molecular weight is 305 g/mol. The molecule has 0 saturated carbocycles. The standard InChI is InChI=1S/C14H10F3N5/c15-14(16,17)12-20-13(18)22(21-12)11-8-4-7-10(19-11)9-5-2-1-3-6-9/h1-8H,(H2,18,20,21). The first-order valence-corrected chi connectivity index (χ1v) is 6.28. The minimum atomic E-state index is -4.66. The van der Waals surface area contributed by atoms with E-state index in [1.807, 2.05) is 30.3 Å². The van der Waals surface area contributed by atoms with Crippen molar-refractivity contribution in [3.63, 3.8) is 0 Å². The first-order valence-electron chi connectivity index (χ1n) is 6.28. The Morgan fingerprint density at radius 1 is 0.909 bits per heavy atom. The molecule has 112 valence electrons. The fourth-order valence-corrected chi connectivity index (χ4v) is 1.92. The monoisotopic (exact) mass is 305 g/mol. The maximum absolute atomic E-state index is 12.6. The van der Waals surface area contributed by atoms with Crippen LogP contribution in [0.3, 0.4) is 0 Å². The lowest BCUT2D eigenvalue weighted by atomic mass is 10.1. The van der Waals surface area contributed by atoms with Gasteiger partial charge in [-0.2, -0.15) is 22.8 Å². The predicted molar refractivity (Wildman–Crippen MR) is 74.0 cm³/mol. The SMILES string of the molecule is Nc1nc(C(F)(F)F)nn1-c1cccc(-c2ccccc2)n1. The molecule has 0 aliphatic carbocycles. The molecule has 8 heteroatoms. The molecule has 3 rings (SSSR count). The van der Waals surface area contributed by atoms with Gasteiger partial charge in [0.15, 0.2) is 5.82 Å². The van der Waals surface area contributed by atoms with E-state index in [0.717, 1.165) is 10.2 Å². The Morgan fingerprint density at radius 3 is 2.27 bits per heavy atom. The van der Waals surface area contributed by atoms with Crippen molar-refractivity contribution in [3.8, 4) is 17.1 Å². The molecule has 1 aromatic carbocycles. The maximum atomic E-state index is 12.6. The number of aromatic nitrogens is 4. The summed E-state index contributed by atoms with van der Waals surface area (Å²) in [5.41, 5.74) is 6.94. The summed E-state index contributed by atoms with van der Waals surface area (Å²) in [5.74, 6) is -1.50. The van der Waals surface area contributed by atoms with Crippen LogP contribution in [0.2, 0.25) is 0 Å². The summed E-state index contributed by atoms with van der Waals surface area (Å²) in [6.07, 6.45) is -4.66. The van der Waals surface area contributed by atoms with Gasteiger partial charge in [-0.25, -0.2) is 4.98 Å². The van der Waals surface area contributed by atoms with E-state index in [9.17, 15) is 13.2 Å². The van der Waals surface area contributed by atoms with Crippen LogP contribution in [0.15, 0.2) is 48.5 Å². The zero-order chi connectivity index (χ0) is 15.7. The van der Waals surface area contributed by atoms with Gasteiger partial charge in [0.2, 0.25) is 5.95 Å². The highest BCUT2D eigenvalue weighted by Gasteiger charge is 2.37. The number of anilines is 1. The number of nitrogen functional groups attached to an aromatic ring is 1. The third-order valence-electron chi connectivity index (χ3n) is 2.91. The van der Waals surface area contributed by atoms with E-state index in [-0.39, 0.29) is 11.8 Å². The van der Waals surface area contributed by atoms with Crippen LogP contribution < -0.4 is 5.73 Å². The normalized spacial score (nSPS) is 11.6. The Hall–Kier alpha value is -2.90. The molecule has 0 spiro atoms. The van der Waals surface area contributed by atoms with Crippen LogP contribution in [0.5, 0.6) is 0 Å². The van der Waals surface area contributed by atoms with Crippen LogP contribution in [-0.4, -0.2) is 19.7 Å². The van der Waals surface area contributed by atoms with Gasteiger partial charge in [0, 0.05) is 5.56 Å². The second-order valence-electron chi connectivity index (χ2n) is 4.45. The summed E-state index contributed by atoms with van der Waals surface area (Å²) in [7, 11) is 0. The molecule has 2 aromatic heterocycles. The molecule has 0 bridgehead atoms. The van der Waals surface area contributed by atoms with Gasteiger partial charge >= 0.3 is 6.18 Å². The Kier molecular flexibility index (Phi) is 3.28. The van der Waals surface area contributed by atoms with Gasteiger partial charge in [-0.3, -0.25) is 0 Å². The number of benzene rings is 1. The molecule has 3 aromatic rings. The molecule has 22 heavy (non-hydrogen) atoms. The highest BCUT2D eigenvalue weighted by molar-refractivity contribution is 5.59. The van der Waals surface area contributed by atoms with Gasteiger partial charge in [0.05, 0.1) is 5.69 Å². The minimum absolute atomic E-state index is 0.168. The number of nitrogens with two attached hydrogens (primary N) is 1. The third kappa shape index (κ3) is 2.62. The van der Waals surface area contributed by atoms with E-state index in [1.165, 1.54) is 6.07 Å². The number of nitrogens with zero attached hydrogens (tertiary/aromatic N) is 4. The Labute approximate surface area is 123 Å². The summed E-state index contributed by atoms with van der Waals surface area (Å²) < 4.78 is 38.8. The van der Waals surface area contributed by atoms with E-state index >= 15 is 0 Å². The average Bonchev–Trinajstić information content (AvgIpc) is 2.90. The number of rotatable bonds is 2. The van der Waals surface area contributed by atoms with Crippen molar-refractivity contribution >= 4 is 5.95 Å². The number of halogens is 3. The fraction of sp³-hybridized carbons (Fsp3) is 0.0714. The van der Waals surface area contributed by atoms with Crippen molar-refractivity contribution in [2.45, 2.75) is 6.18 Å². The lowest BCUT2D eigenvalue weighted by Gasteiger charge is -2.05. The van der Waals surface area contributed by atoms with Crippen molar-refractivity contribution in [1.29, 1.82) is 0 Å². The topological polar surface area (TPSA) is 69.6 Å². The lowest BCUT2D eigenvalue weighted by molar-refractivity contribution is -0.144. The van der Waals surface area contributed by atoms with E-state index in [2.05, 4.69) is 15.1 Å². The number of pyridine rings is 1. The molecule has 0 unspecified atom stereocenters. The second-order valence-corrected chi connectivity index (χ2v) is 4.45. The smallest absolute Gasteiger partial charge is 0.368 e. The summed E-state index contributed by atoms with van der Waals surface area (Å²) >= 11 is 0. The molecule has 0 radical (unpaired) electrons. The van der Waals surface area contributed by atoms with E-state index < -0.39 is 12.0 Å². The highest BCUT2D eigenvalue weighted by atomic mass is 19.4. The van der Waals surface area contributed by atoms with Gasteiger partial charge in [-0.1, -0.05) is 36.4 Å². The zero-order valence-corrected chi connectivity index (χ0v) is 11.1. The molecule has 0 atom stereocenters. The van der Waals surface area contributed by atoms with Crippen LogP contribution >= 0.6 is 0 Å². The summed E-state index contributed by atoms with van der Waals surface area (Å²) in [5, 5.41) is 3.38. The summed E-state index contributed by atoms with van der Waals surface area (Å²) in [6.45, 7) is 0. The zero-order valence-electron chi connectivity index (χ0n) is 11.1. The van der Waals surface area contributed by atoms with E-state index in [1.54, 1.807) is 12.1 Å². The second kappa shape index (κ2) is 5.14. The lowest BCUT2D eigenvalue weighted by Crippen LogP contribution is -2.09. The molecular formula is C14H10F3N5. The predicted octanol–water partition coefficient (Wildman–Crippen LogP) is 2.93. The summed E-state index contributed by atoms with van der Waals surface area (Å²) in [4.78, 5) is 7.51. The molecule has 0 amide bonds. The molecule has 2 heterocycles. The first kappa shape index (κ1) is 14.1. The van der Waals surface area contributed by atoms with Gasteiger partial charge in [-0.05, 0) is 12.1 Å². The van der Waals surface area contributed by atoms with Gasteiger partial charge in [-0.15, -0.1) is 5.10 Å². The van der Waals surface area contributed by atoms with Crippen LogP contribution in [0.1, 0.15) is 5.82 Å². The number of hydrogen-bond acceptors (Lipinski definition) is 4. The van der Waals surface area contributed by atoms with Crippen molar-refractivity contribution in [1.82, 2.24) is 19.7 Å². The van der Waals surface area contributed by atoms with Crippen molar-refractivity contribution in [2.24, 2.45) is 0 Å². The molecular weight excluding hydrogens is 295 g/mol. The molecule has 5 nitrogen and oxygen atoms in total. The van der Waals surface area contributed by atoms with Crippen LogP contribution in [-0.2, 0) is 6.18 Å². The minimum Gasteiger partial charge on any atom is -0.368 e. The quantitative estimate of drug-likeness (QED) is 0.790. The van der Waals surface area contributed by atoms with Crippen LogP contribution in [0, 0.1) is 0 Å². The largest absolute Gasteiger partial charge is 0.453 e. The molecule has 0 fully saturated rings. The molecule has 0 saturated heterocycles. The Balaban J connectivity index is 2.05. The van der Waals surface area contributed by atoms with E-state index in [4.69, 9.17) is 5.73 Å². The molecule has 2 N–H and O–H groups in total. The van der Waals surface area contributed by atoms with Crippen molar-refractivity contribution < 1.29 is 13.2 Å². The third-order valence-corrected chi connectivity index (χ3v) is 2.91. The maximum Gasteiger partial charge on any atom is 0.453 e. The van der Waals surface area contributed by atoms with Crippen LogP contribution in [0.4, 0.5) is 19.1 Å². The van der Waals surface area contributed by atoms with E-state index in [0.29, 0.717) is 5.69 Å². The Morgan fingerprint density at radius 2 is 1.64 bits per heavy atom. The van der Waals surface area contributed by atoms with Crippen molar-refractivity contribution in [3.05, 3.63) is 54.4 Å². The van der Waals surface area contributed by atoms with Gasteiger partial charge < -0.3 is 5.73 Å². The Bertz CT molecular complexity index is 796. The fourth-order valence-electron chi connectivity index (χ4n) is 1.92. The van der Waals surface area contributed by atoms with Gasteiger partial charge in [0.25, 0.3) is 5.82 Å². The number of alkyl halides is 3. The molecule has 0 aliphatic rings. The first-order chi connectivity index (χ1) is 10.4. The highest BCUT2D eigenvalue weighted by Crippen LogP contribution is 2.27. The molecule has 0 aliphatic heterocycles. The van der Waals surface area contributed by atoms with Crippen LogP contribution in [0.25, 0.3) is 17.1 Å². The van der Waals surface area contributed by atoms with Crippen molar-refractivity contribution in [2.75, 3.05) is 5.73 Å². The summed E-state index contributed by atoms with van der Waals surface area (Å²) in [6, 6.07) is 14.2.